The minimum atomic E-state index is -4.43. The van der Waals surface area contributed by atoms with Gasteiger partial charge in [0, 0.05) is 0 Å². The minimum Gasteiger partial charge on any atom is -0.377 e. The van der Waals surface area contributed by atoms with Crippen molar-refractivity contribution >= 4 is 29.4 Å². The van der Waals surface area contributed by atoms with Crippen LogP contribution in [-0.2, 0) is 44.1 Å². The molecule has 0 heterocycles. The fourth-order valence-electron chi connectivity index (χ4n) is 3.75. The van der Waals surface area contributed by atoms with E-state index in [-0.39, 0.29) is 13.2 Å². The Bertz CT molecular complexity index is 1070. The molecule has 0 atom stereocenters. The van der Waals surface area contributed by atoms with Gasteiger partial charge in [0.1, 0.15) is 0 Å². The molecule has 0 aliphatic heterocycles. The van der Waals surface area contributed by atoms with Gasteiger partial charge in [0.25, 0.3) is 0 Å². The number of hydrogen-bond acceptors (Lipinski definition) is 8. The molecule has 210 valence electrons. The van der Waals surface area contributed by atoms with Crippen LogP contribution in [0.3, 0.4) is 0 Å². The number of phosphoric ester groups is 1. The van der Waals surface area contributed by atoms with Crippen LogP contribution in [0.2, 0.25) is 0 Å². The second-order valence-corrected chi connectivity index (χ2v) is 9.47. The van der Waals surface area contributed by atoms with Crippen molar-refractivity contribution in [3.8, 4) is 0 Å². The summed E-state index contributed by atoms with van der Waals surface area (Å²) in [6.45, 7) is 4.87. The number of fused-ring (bicyclic) bond motifs is 2. The number of phosphoric acid groups is 1. The summed E-state index contributed by atoms with van der Waals surface area (Å²) in [5.74, 6) is 0. The number of benzene rings is 3. The van der Waals surface area contributed by atoms with Crippen LogP contribution in [0.4, 0.5) is 0 Å². The number of ether oxygens (including phenoxy) is 6. The van der Waals surface area contributed by atoms with E-state index in [1.54, 1.807) is 0 Å². The molecule has 0 unspecified atom stereocenters. The SMILES string of the molecule is O=[32P](O)(O)OCCOCCOCCOCCOCCOCCOCc1c2ccccc2cc2ccccc12. The zero-order chi connectivity index (χ0) is 26.9. The van der Waals surface area contributed by atoms with E-state index in [1.165, 1.54) is 27.1 Å². The average molecular weight is 554 g/mol. The van der Waals surface area contributed by atoms with E-state index in [9.17, 15) is 4.57 Å². The van der Waals surface area contributed by atoms with Crippen LogP contribution < -0.4 is 0 Å². The van der Waals surface area contributed by atoms with Crippen molar-refractivity contribution in [3.05, 3.63) is 60.2 Å². The Balaban J connectivity index is 1.12. The Hall–Kier alpha value is -1.95. The second kappa shape index (κ2) is 17.6. The average Bonchev–Trinajstić information content (AvgIpc) is 2.90. The number of rotatable bonds is 21. The maximum Gasteiger partial charge on any atom is 0.469 e. The van der Waals surface area contributed by atoms with Crippen LogP contribution in [0.1, 0.15) is 5.56 Å². The van der Waals surface area contributed by atoms with Gasteiger partial charge in [0.2, 0.25) is 0 Å². The summed E-state index contributed by atoms with van der Waals surface area (Å²) in [6, 6.07) is 19.0. The molecule has 0 amide bonds. The largest absolute Gasteiger partial charge is 0.469 e. The predicted octanol–water partition coefficient (Wildman–Crippen LogP) is 3.70. The first-order chi connectivity index (χ1) is 18.5. The Kier molecular flexibility index (Phi) is 14.2. The topological polar surface area (TPSA) is 122 Å². The van der Waals surface area contributed by atoms with Crippen molar-refractivity contribution in [3.63, 3.8) is 0 Å². The summed E-state index contributed by atoms with van der Waals surface area (Å²) in [5.41, 5.74) is 1.20. The van der Waals surface area contributed by atoms with E-state index < -0.39 is 7.82 Å². The van der Waals surface area contributed by atoms with Gasteiger partial charge in [-0.1, -0.05) is 48.5 Å². The summed E-state index contributed by atoms with van der Waals surface area (Å²) in [5, 5.41) is 4.86. The highest BCUT2D eigenvalue weighted by atomic mass is 32.2. The fourth-order valence-corrected chi connectivity index (χ4v) is 4.06. The molecule has 0 fully saturated rings. The van der Waals surface area contributed by atoms with Crippen LogP contribution in [0.5, 0.6) is 0 Å². The first kappa shape index (κ1) is 30.6. The molecule has 10 nitrogen and oxygen atoms in total. The summed E-state index contributed by atoms with van der Waals surface area (Å²) in [7, 11) is -4.43. The van der Waals surface area contributed by atoms with Gasteiger partial charge in [-0.25, -0.2) is 4.57 Å². The smallest absolute Gasteiger partial charge is 0.377 e. The molecular formula is C27H37O10P. The van der Waals surface area contributed by atoms with Crippen molar-refractivity contribution in [2.24, 2.45) is 0 Å². The lowest BCUT2D eigenvalue weighted by molar-refractivity contribution is -0.0189. The Morgan fingerprint density at radius 1 is 0.526 bits per heavy atom. The lowest BCUT2D eigenvalue weighted by atomic mass is 9.97. The predicted molar refractivity (Wildman–Crippen MR) is 143 cm³/mol. The molecule has 3 rings (SSSR count). The first-order valence-corrected chi connectivity index (χ1v) is 14.1. The van der Waals surface area contributed by atoms with E-state index in [4.69, 9.17) is 38.2 Å². The molecule has 38 heavy (non-hydrogen) atoms. The van der Waals surface area contributed by atoms with Gasteiger partial charge >= 0.3 is 7.82 Å². The van der Waals surface area contributed by atoms with Crippen molar-refractivity contribution < 1.29 is 47.3 Å². The molecule has 3 aromatic rings. The van der Waals surface area contributed by atoms with E-state index in [1.807, 2.05) is 0 Å². The molecule has 3 aromatic carbocycles. The molecule has 11 heteroatoms. The van der Waals surface area contributed by atoms with E-state index in [0.29, 0.717) is 72.7 Å². The quantitative estimate of drug-likeness (QED) is 0.115. The van der Waals surface area contributed by atoms with Gasteiger partial charge in [-0.05, 0) is 33.2 Å². The fraction of sp³-hybridized carbons (Fsp3) is 0.481. The third-order valence-electron chi connectivity index (χ3n) is 5.48. The van der Waals surface area contributed by atoms with Crippen molar-refractivity contribution in [2.45, 2.75) is 6.61 Å². The maximum absolute atomic E-state index is 10.5. The van der Waals surface area contributed by atoms with Gasteiger partial charge in [-0.2, -0.15) is 0 Å². The van der Waals surface area contributed by atoms with Crippen LogP contribution in [-0.4, -0.2) is 89.1 Å². The maximum atomic E-state index is 10.5. The molecule has 2 N–H and O–H groups in total. The normalized spacial score (nSPS) is 12.1. The third kappa shape index (κ3) is 11.8. The van der Waals surface area contributed by atoms with Crippen molar-refractivity contribution in [1.29, 1.82) is 0 Å². The van der Waals surface area contributed by atoms with Crippen LogP contribution in [0, 0.1) is 0 Å². The molecule has 0 saturated heterocycles. The molecule has 0 spiro atoms. The molecular weight excluding hydrogens is 516 g/mol. The van der Waals surface area contributed by atoms with Gasteiger partial charge in [0.15, 0.2) is 0 Å². The lowest BCUT2D eigenvalue weighted by Crippen LogP contribution is -2.14. The number of hydrogen-bond donors (Lipinski definition) is 2. The van der Waals surface area contributed by atoms with Gasteiger partial charge in [-0.15, -0.1) is 0 Å². The van der Waals surface area contributed by atoms with E-state index >= 15 is 0 Å². The Morgan fingerprint density at radius 2 is 0.895 bits per heavy atom. The van der Waals surface area contributed by atoms with E-state index in [0.717, 1.165) is 0 Å². The van der Waals surface area contributed by atoms with Crippen LogP contribution in [0.25, 0.3) is 21.5 Å². The zero-order valence-electron chi connectivity index (χ0n) is 21.5. The molecule has 0 aliphatic carbocycles. The van der Waals surface area contributed by atoms with Crippen LogP contribution in [0.15, 0.2) is 54.6 Å². The lowest BCUT2D eigenvalue weighted by Gasteiger charge is -2.12. The summed E-state index contributed by atoms with van der Waals surface area (Å²) in [6.07, 6.45) is 0. The minimum absolute atomic E-state index is 0.0849. The Labute approximate surface area is 222 Å². The van der Waals surface area contributed by atoms with E-state index in [2.05, 4.69) is 59.1 Å². The highest BCUT2D eigenvalue weighted by Crippen LogP contribution is 2.35. The molecule has 0 bridgehead atoms. The molecule has 0 aliphatic rings. The second-order valence-electron chi connectivity index (χ2n) is 8.24. The summed E-state index contributed by atoms with van der Waals surface area (Å²) < 4.78 is 47.6. The zero-order valence-corrected chi connectivity index (χ0v) is 22.4. The van der Waals surface area contributed by atoms with Gasteiger partial charge < -0.3 is 38.2 Å². The summed E-state index contributed by atoms with van der Waals surface area (Å²) in [4.78, 5) is 17.0. The van der Waals surface area contributed by atoms with Gasteiger partial charge in [0.05, 0.1) is 85.9 Å². The molecule has 0 radical (unpaired) electrons. The monoisotopic (exact) mass is 553 g/mol. The molecule has 0 aromatic heterocycles. The van der Waals surface area contributed by atoms with Crippen molar-refractivity contribution in [2.75, 3.05) is 79.3 Å². The van der Waals surface area contributed by atoms with Crippen LogP contribution >= 0.6 is 7.82 Å². The highest BCUT2D eigenvalue weighted by Gasteiger charge is 2.12. The highest BCUT2D eigenvalue weighted by molar-refractivity contribution is 7.46. The molecule has 0 saturated carbocycles. The third-order valence-corrected chi connectivity index (χ3v) is 6.00. The van der Waals surface area contributed by atoms with Gasteiger partial charge in [-0.3, -0.25) is 4.52 Å². The first-order valence-electron chi connectivity index (χ1n) is 12.6. The van der Waals surface area contributed by atoms with Crippen molar-refractivity contribution in [1.82, 2.24) is 0 Å². The standard InChI is InChI=1S/C27H37O10P/c28-38(29,30)37-20-19-35-16-15-33-12-11-31-9-10-32-13-14-34-17-18-36-22-27-25-7-3-1-5-23(25)21-24-6-2-4-8-26(24)27/h1-8,21H,9-20,22H2,(H2,28,29,30)/i38+1. The Morgan fingerprint density at radius 3 is 1.32 bits per heavy atom. The summed E-state index contributed by atoms with van der Waals surface area (Å²) >= 11 is 0.